The van der Waals surface area contributed by atoms with Gasteiger partial charge in [-0.3, -0.25) is 0 Å². The molecule has 0 radical (unpaired) electrons. The van der Waals surface area contributed by atoms with E-state index in [0.717, 1.165) is 6.92 Å². The Morgan fingerprint density at radius 3 is 2.15 bits per heavy atom. The zero-order chi connectivity index (χ0) is 10.6. The van der Waals surface area contributed by atoms with Gasteiger partial charge in [-0.1, -0.05) is 0 Å². The fraction of sp³-hybridized carbons (Fsp3) is 0.857. The minimum Gasteiger partial charge on any atom is -0.394 e. The predicted molar refractivity (Wildman–Crippen MR) is 44.5 cm³/mol. The molecule has 13 heavy (non-hydrogen) atoms. The van der Waals surface area contributed by atoms with Crippen molar-refractivity contribution in [3.8, 4) is 0 Å². The van der Waals surface area contributed by atoms with Crippen molar-refractivity contribution < 1.29 is 25.5 Å². The number of nitrogens with one attached hydrogen (secondary N) is 1. The van der Waals surface area contributed by atoms with Crippen LogP contribution < -0.4 is 0 Å². The maximum Gasteiger partial charge on any atom is 0.125 e. The lowest BCUT2D eigenvalue weighted by atomic mass is 9.93. The molecule has 0 aliphatic rings. The van der Waals surface area contributed by atoms with Crippen molar-refractivity contribution in [3.05, 3.63) is 0 Å². The van der Waals surface area contributed by atoms with Gasteiger partial charge in [-0.2, -0.15) is 0 Å². The van der Waals surface area contributed by atoms with Gasteiger partial charge in [0.1, 0.15) is 23.9 Å². The second kappa shape index (κ2) is 4.64. The minimum atomic E-state index is -1.92. The Morgan fingerprint density at radius 1 is 1.38 bits per heavy atom. The van der Waals surface area contributed by atoms with E-state index in [1.807, 2.05) is 0 Å². The van der Waals surface area contributed by atoms with Crippen molar-refractivity contribution in [2.45, 2.75) is 30.8 Å². The Kier molecular flexibility index (Phi) is 4.45. The van der Waals surface area contributed by atoms with E-state index in [0.29, 0.717) is 6.21 Å². The molecule has 0 bridgehead atoms. The molecule has 0 aromatic rings. The standard InChI is InChI=1S/C7H15NO5/c1-7(13,3-8)6(12)5(11)4(10)2-9/h3-6,8-13H,2H2,1H3/t4?,5-,6?,7-/m0/s1. The van der Waals surface area contributed by atoms with Crippen LogP contribution in [-0.2, 0) is 0 Å². The molecule has 0 aromatic heterocycles. The Bertz CT molecular complexity index is 172. The molecule has 6 heteroatoms. The summed E-state index contributed by atoms with van der Waals surface area (Å²) in [6, 6.07) is 0. The number of aliphatic hydroxyl groups is 5. The van der Waals surface area contributed by atoms with E-state index in [1.165, 1.54) is 0 Å². The highest BCUT2D eigenvalue weighted by Crippen LogP contribution is 2.13. The topological polar surface area (TPSA) is 125 Å². The van der Waals surface area contributed by atoms with Gasteiger partial charge in [-0.25, -0.2) is 0 Å². The fourth-order valence-electron chi connectivity index (χ4n) is 0.750. The lowest BCUT2D eigenvalue weighted by Crippen LogP contribution is -2.52. The van der Waals surface area contributed by atoms with Gasteiger partial charge in [0.05, 0.1) is 6.61 Å². The van der Waals surface area contributed by atoms with Crippen LogP contribution in [0.3, 0.4) is 0 Å². The maximum absolute atomic E-state index is 9.26. The van der Waals surface area contributed by atoms with Gasteiger partial charge in [0.25, 0.3) is 0 Å². The molecule has 0 aliphatic carbocycles. The molecule has 78 valence electrons. The zero-order valence-electron chi connectivity index (χ0n) is 7.25. The van der Waals surface area contributed by atoms with Crippen molar-refractivity contribution in [1.82, 2.24) is 0 Å². The quantitative estimate of drug-likeness (QED) is 0.268. The number of aliphatic hydroxyl groups excluding tert-OH is 4. The third-order valence-corrected chi connectivity index (χ3v) is 1.80. The van der Waals surface area contributed by atoms with Crippen molar-refractivity contribution in [2.24, 2.45) is 0 Å². The summed E-state index contributed by atoms with van der Waals surface area (Å²) < 4.78 is 0. The maximum atomic E-state index is 9.26. The first kappa shape index (κ1) is 12.5. The number of hydrogen-bond acceptors (Lipinski definition) is 6. The third-order valence-electron chi connectivity index (χ3n) is 1.80. The first-order valence-corrected chi connectivity index (χ1v) is 3.76. The molecule has 0 heterocycles. The summed E-state index contributed by atoms with van der Waals surface area (Å²) in [4.78, 5) is 0. The molecule has 2 unspecified atom stereocenters. The Balaban J connectivity index is 4.40. The van der Waals surface area contributed by atoms with Crippen LogP contribution in [0.4, 0.5) is 0 Å². The average Bonchev–Trinajstić information content (AvgIpc) is 2.14. The van der Waals surface area contributed by atoms with Gasteiger partial charge >= 0.3 is 0 Å². The second-order valence-corrected chi connectivity index (χ2v) is 3.06. The smallest absolute Gasteiger partial charge is 0.125 e. The molecule has 0 aliphatic heterocycles. The van der Waals surface area contributed by atoms with E-state index in [-0.39, 0.29) is 0 Å². The van der Waals surface area contributed by atoms with Crippen LogP contribution in [0.2, 0.25) is 0 Å². The van der Waals surface area contributed by atoms with E-state index < -0.39 is 30.5 Å². The molecule has 6 N–H and O–H groups in total. The highest BCUT2D eigenvalue weighted by atomic mass is 16.4. The van der Waals surface area contributed by atoms with Crippen molar-refractivity contribution >= 4 is 6.21 Å². The van der Waals surface area contributed by atoms with E-state index >= 15 is 0 Å². The highest BCUT2D eigenvalue weighted by Gasteiger charge is 2.37. The summed E-state index contributed by atoms with van der Waals surface area (Å²) in [6.45, 7) is 0.379. The predicted octanol–water partition coefficient (Wildman–Crippen LogP) is -2.54. The van der Waals surface area contributed by atoms with E-state index in [4.69, 9.17) is 20.7 Å². The summed E-state index contributed by atoms with van der Waals surface area (Å²) in [7, 11) is 0. The van der Waals surface area contributed by atoms with Crippen LogP contribution >= 0.6 is 0 Å². The number of hydrogen-bond donors (Lipinski definition) is 6. The molecule has 6 nitrogen and oxygen atoms in total. The number of rotatable bonds is 5. The van der Waals surface area contributed by atoms with Crippen molar-refractivity contribution in [1.29, 1.82) is 5.41 Å². The molecule has 0 saturated heterocycles. The van der Waals surface area contributed by atoms with Gasteiger partial charge in [-0.15, -0.1) is 0 Å². The average molecular weight is 193 g/mol. The third kappa shape index (κ3) is 3.02. The largest absolute Gasteiger partial charge is 0.394 e. The normalized spacial score (nSPS) is 22.9. The Hall–Kier alpha value is -0.530. The van der Waals surface area contributed by atoms with E-state index in [2.05, 4.69) is 0 Å². The minimum absolute atomic E-state index is 0.547. The summed E-state index contributed by atoms with van der Waals surface area (Å²) >= 11 is 0. The van der Waals surface area contributed by atoms with Crippen LogP contribution in [0, 0.1) is 5.41 Å². The van der Waals surface area contributed by atoms with E-state index in [1.54, 1.807) is 0 Å². The fourth-order valence-corrected chi connectivity index (χ4v) is 0.750. The second-order valence-electron chi connectivity index (χ2n) is 3.06. The monoisotopic (exact) mass is 193 g/mol. The van der Waals surface area contributed by atoms with Gasteiger partial charge in [0.15, 0.2) is 0 Å². The van der Waals surface area contributed by atoms with Crippen LogP contribution in [0.25, 0.3) is 0 Å². The molecule has 4 atom stereocenters. The molecule has 0 spiro atoms. The van der Waals surface area contributed by atoms with E-state index in [9.17, 15) is 10.2 Å². The Morgan fingerprint density at radius 2 is 1.85 bits per heavy atom. The summed E-state index contributed by atoms with van der Waals surface area (Å²) in [5, 5.41) is 51.7. The van der Waals surface area contributed by atoms with Crippen LogP contribution in [0.1, 0.15) is 6.92 Å². The van der Waals surface area contributed by atoms with Gasteiger partial charge in [0, 0.05) is 6.21 Å². The summed E-state index contributed by atoms with van der Waals surface area (Å²) in [5.41, 5.74) is -1.92. The van der Waals surface area contributed by atoms with Gasteiger partial charge < -0.3 is 30.9 Å². The van der Waals surface area contributed by atoms with Crippen LogP contribution in [0.15, 0.2) is 0 Å². The molecule has 0 saturated carbocycles. The lowest BCUT2D eigenvalue weighted by Gasteiger charge is -2.30. The molecule has 0 rings (SSSR count). The molecular weight excluding hydrogens is 178 g/mol. The van der Waals surface area contributed by atoms with Crippen LogP contribution in [-0.4, -0.2) is 62.3 Å². The van der Waals surface area contributed by atoms with Crippen LogP contribution in [0.5, 0.6) is 0 Å². The first-order valence-electron chi connectivity index (χ1n) is 3.76. The highest BCUT2D eigenvalue weighted by molar-refractivity contribution is 5.65. The summed E-state index contributed by atoms with van der Waals surface area (Å²) in [6.07, 6.45) is -4.40. The van der Waals surface area contributed by atoms with Crippen molar-refractivity contribution in [2.75, 3.05) is 6.61 Å². The van der Waals surface area contributed by atoms with Gasteiger partial charge in [0.2, 0.25) is 0 Å². The molecular formula is C7H15NO5. The Labute approximate surface area is 75.6 Å². The molecule has 0 aromatic carbocycles. The molecule has 0 amide bonds. The molecule has 0 fully saturated rings. The zero-order valence-corrected chi connectivity index (χ0v) is 7.25. The summed E-state index contributed by atoms with van der Waals surface area (Å²) in [5.74, 6) is 0. The SMILES string of the molecule is C[C@](O)(C=N)C(O)[C@@H](O)C(O)CO. The van der Waals surface area contributed by atoms with Crippen molar-refractivity contribution in [3.63, 3.8) is 0 Å². The lowest BCUT2D eigenvalue weighted by molar-refractivity contribution is -0.126. The first-order chi connectivity index (χ1) is 5.86. The van der Waals surface area contributed by atoms with Gasteiger partial charge in [-0.05, 0) is 6.92 Å².